The number of amides is 1. The fourth-order valence-corrected chi connectivity index (χ4v) is 4.65. The van der Waals surface area contributed by atoms with E-state index in [4.69, 9.17) is 26.1 Å². The lowest BCUT2D eigenvalue weighted by atomic mass is 10.1. The number of hydrogen-bond donors (Lipinski definition) is 1. The van der Waals surface area contributed by atoms with Crippen LogP contribution >= 0.6 is 11.6 Å². The number of imidazole rings is 1. The molecule has 1 unspecified atom stereocenters. The van der Waals surface area contributed by atoms with Crippen molar-refractivity contribution in [2.45, 2.75) is 70.9 Å². The molecule has 1 saturated heterocycles. The Balaban J connectivity index is 1.21. The lowest BCUT2D eigenvalue weighted by molar-refractivity contribution is -0.130. The van der Waals surface area contributed by atoms with E-state index in [2.05, 4.69) is 28.1 Å². The molecule has 1 amide bonds. The van der Waals surface area contributed by atoms with E-state index >= 15 is 0 Å². The largest absolute Gasteiger partial charge is 0.494 e. The van der Waals surface area contributed by atoms with Crippen molar-refractivity contribution in [3.8, 4) is 5.75 Å². The minimum absolute atomic E-state index is 0.0412. The molecule has 1 atom stereocenters. The van der Waals surface area contributed by atoms with Gasteiger partial charge in [0.2, 0.25) is 5.91 Å². The lowest BCUT2D eigenvalue weighted by Gasteiger charge is -2.11. The molecule has 0 radical (unpaired) electrons. The summed E-state index contributed by atoms with van der Waals surface area (Å²) in [6, 6.07) is 14.1. The summed E-state index contributed by atoms with van der Waals surface area (Å²) in [6.07, 6.45) is 7.60. The third kappa shape index (κ3) is 7.21. The molecule has 1 N–H and O–H groups in total. The van der Waals surface area contributed by atoms with Gasteiger partial charge in [0, 0.05) is 31.1 Å². The first-order valence-corrected chi connectivity index (χ1v) is 13.2. The Morgan fingerprint density at radius 1 is 1.17 bits per heavy atom. The van der Waals surface area contributed by atoms with E-state index in [1.807, 2.05) is 31.2 Å². The number of carbonyl (C=O) groups is 1. The number of rotatable bonds is 13. The third-order valence-electron chi connectivity index (χ3n) is 6.51. The number of halogens is 1. The highest BCUT2D eigenvalue weighted by Crippen LogP contribution is 2.22. The van der Waals surface area contributed by atoms with Gasteiger partial charge in [0.15, 0.2) is 0 Å². The van der Waals surface area contributed by atoms with Crippen molar-refractivity contribution < 1.29 is 14.3 Å². The summed E-state index contributed by atoms with van der Waals surface area (Å²) in [7, 11) is 0. The highest BCUT2D eigenvalue weighted by molar-refractivity contribution is 6.31. The van der Waals surface area contributed by atoms with Crippen LogP contribution in [0.5, 0.6) is 5.75 Å². The van der Waals surface area contributed by atoms with Crippen LogP contribution in [0.3, 0.4) is 0 Å². The number of nitrogens with zero attached hydrogens (tertiary/aromatic N) is 2. The van der Waals surface area contributed by atoms with Gasteiger partial charge in [0.1, 0.15) is 17.7 Å². The summed E-state index contributed by atoms with van der Waals surface area (Å²) < 4.78 is 13.7. The predicted molar refractivity (Wildman–Crippen MR) is 140 cm³/mol. The molecule has 0 bridgehead atoms. The van der Waals surface area contributed by atoms with Gasteiger partial charge in [-0.2, -0.15) is 0 Å². The molecule has 1 aliphatic heterocycles. The van der Waals surface area contributed by atoms with Crippen LogP contribution in [0.2, 0.25) is 5.02 Å². The Morgan fingerprint density at radius 2 is 2.06 bits per heavy atom. The van der Waals surface area contributed by atoms with E-state index in [1.165, 1.54) is 5.52 Å². The predicted octanol–water partition coefficient (Wildman–Crippen LogP) is 5.87. The molecule has 2 aromatic carbocycles. The van der Waals surface area contributed by atoms with Crippen LogP contribution in [0.15, 0.2) is 42.5 Å². The molecular formula is C28H36ClN3O3. The zero-order valence-corrected chi connectivity index (χ0v) is 21.4. The molecule has 2 heterocycles. The van der Waals surface area contributed by atoms with Crippen LogP contribution in [0.1, 0.15) is 56.3 Å². The number of carbonyl (C=O) groups excluding carboxylic acids is 1. The Bertz CT molecular complexity index is 1110. The topological polar surface area (TPSA) is 65.4 Å². The average Bonchev–Trinajstić information content (AvgIpc) is 3.52. The van der Waals surface area contributed by atoms with Gasteiger partial charge < -0.3 is 19.4 Å². The second-order valence-electron chi connectivity index (χ2n) is 9.24. The van der Waals surface area contributed by atoms with Crippen molar-refractivity contribution in [1.82, 2.24) is 14.9 Å². The van der Waals surface area contributed by atoms with Gasteiger partial charge in [-0.1, -0.05) is 30.2 Å². The molecule has 188 valence electrons. The van der Waals surface area contributed by atoms with Gasteiger partial charge in [0.25, 0.3) is 0 Å². The smallest absolute Gasteiger partial charge is 0.249 e. The van der Waals surface area contributed by atoms with E-state index in [-0.39, 0.29) is 12.0 Å². The molecule has 0 spiro atoms. The van der Waals surface area contributed by atoms with Gasteiger partial charge in [0.05, 0.1) is 17.6 Å². The Labute approximate surface area is 213 Å². The highest BCUT2D eigenvalue weighted by Gasteiger charge is 2.22. The summed E-state index contributed by atoms with van der Waals surface area (Å²) in [4.78, 5) is 16.9. The maximum absolute atomic E-state index is 12.0. The van der Waals surface area contributed by atoms with Gasteiger partial charge in [-0.25, -0.2) is 4.98 Å². The molecular weight excluding hydrogens is 462 g/mol. The van der Waals surface area contributed by atoms with Crippen LogP contribution in [-0.2, 0) is 22.5 Å². The van der Waals surface area contributed by atoms with Crippen molar-refractivity contribution in [1.29, 1.82) is 0 Å². The quantitative estimate of drug-likeness (QED) is 0.300. The summed E-state index contributed by atoms with van der Waals surface area (Å²) in [5.74, 6) is 2.05. The lowest BCUT2D eigenvalue weighted by Crippen LogP contribution is -2.34. The van der Waals surface area contributed by atoms with Gasteiger partial charge in [-0.3, -0.25) is 4.79 Å². The second-order valence-corrected chi connectivity index (χ2v) is 9.65. The van der Waals surface area contributed by atoms with Crippen LogP contribution in [0.4, 0.5) is 0 Å². The van der Waals surface area contributed by atoms with Crippen molar-refractivity contribution in [3.63, 3.8) is 0 Å². The highest BCUT2D eigenvalue weighted by atomic mass is 35.5. The first kappa shape index (κ1) is 25.5. The van der Waals surface area contributed by atoms with Gasteiger partial charge >= 0.3 is 0 Å². The van der Waals surface area contributed by atoms with Crippen molar-refractivity contribution >= 4 is 28.5 Å². The zero-order chi connectivity index (χ0) is 24.5. The van der Waals surface area contributed by atoms with Crippen LogP contribution in [-0.4, -0.2) is 41.3 Å². The molecule has 7 heteroatoms. The van der Waals surface area contributed by atoms with Crippen molar-refractivity contribution in [2.24, 2.45) is 0 Å². The number of aryl methyl sites for hydroxylation is 3. The van der Waals surface area contributed by atoms with Crippen LogP contribution < -0.4 is 10.1 Å². The zero-order valence-electron chi connectivity index (χ0n) is 20.6. The number of benzene rings is 2. The number of aromatic nitrogens is 2. The summed E-state index contributed by atoms with van der Waals surface area (Å²) in [5.41, 5.74) is 3.28. The number of hydrogen-bond acceptors (Lipinski definition) is 4. The maximum atomic E-state index is 12.0. The molecule has 1 aliphatic rings. The minimum atomic E-state index is -0.240. The minimum Gasteiger partial charge on any atom is -0.494 e. The van der Waals surface area contributed by atoms with Crippen molar-refractivity contribution in [2.75, 3.05) is 19.8 Å². The molecule has 6 nitrogen and oxygen atoms in total. The van der Waals surface area contributed by atoms with E-state index in [0.29, 0.717) is 19.8 Å². The van der Waals surface area contributed by atoms with E-state index in [1.54, 1.807) is 0 Å². The van der Waals surface area contributed by atoms with E-state index in [0.717, 1.165) is 85.6 Å². The fraction of sp³-hybridized carbons (Fsp3) is 0.500. The Kier molecular flexibility index (Phi) is 9.43. The Hall–Kier alpha value is -2.57. The molecule has 4 rings (SSSR count). The van der Waals surface area contributed by atoms with E-state index in [9.17, 15) is 4.79 Å². The number of para-hydroxylation sites is 2. The number of nitrogens with one attached hydrogen (secondary N) is 1. The molecule has 0 aliphatic carbocycles. The van der Waals surface area contributed by atoms with Gasteiger partial charge in [-0.15, -0.1) is 0 Å². The summed E-state index contributed by atoms with van der Waals surface area (Å²) in [5, 5.41) is 3.77. The Morgan fingerprint density at radius 3 is 2.89 bits per heavy atom. The molecule has 1 fully saturated rings. The third-order valence-corrected chi connectivity index (χ3v) is 6.93. The molecule has 35 heavy (non-hydrogen) atoms. The van der Waals surface area contributed by atoms with Gasteiger partial charge in [-0.05, 0) is 81.3 Å². The number of unbranched alkanes of at least 4 members (excludes halogenated alkanes) is 3. The monoisotopic (exact) mass is 497 g/mol. The SMILES string of the molecule is Cc1cc(OCCCCn2c(CCCCCNC(=O)C3CCCO3)nc3ccccc32)ccc1Cl. The average molecular weight is 498 g/mol. The summed E-state index contributed by atoms with van der Waals surface area (Å²) >= 11 is 6.10. The first-order chi connectivity index (χ1) is 17.1. The molecule has 0 saturated carbocycles. The normalized spacial score (nSPS) is 15.5. The van der Waals surface area contributed by atoms with Crippen LogP contribution in [0.25, 0.3) is 11.0 Å². The van der Waals surface area contributed by atoms with E-state index < -0.39 is 0 Å². The fourth-order valence-electron chi connectivity index (χ4n) is 4.53. The van der Waals surface area contributed by atoms with Crippen LogP contribution in [0, 0.1) is 6.92 Å². The second kappa shape index (κ2) is 12.9. The number of ether oxygens (including phenoxy) is 2. The molecule has 1 aromatic heterocycles. The first-order valence-electron chi connectivity index (χ1n) is 12.8. The molecule has 3 aromatic rings. The summed E-state index contributed by atoms with van der Waals surface area (Å²) in [6.45, 7) is 5.01. The standard InChI is InChI=1S/C28H36ClN3O3/c1-21-20-22(14-15-23(21)29)34-18-8-7-17-32-25-11-5-4-10-24(25)31-27(32)13-3-2-6-16-30-28(33)26-12-9-19-35-26/h4-5,10-11,14-15,20,26H,2-3,6-9,12-13,16-19H2,1H3,(H,30,33). The van der Waals surface area contributed by atoms with Crippen molar-refractivity contribution in [3.05, 3.63) is 58.9 Å². The number of fused-ring (bicyclic) bond motifs is 1. The maximum Gasteiger partial charge on any atom is 0.249 e.